The summed E-state index contributed by atoms with van der Waals surface area (Å²) >= 11 is 11.7. The van der Waals surface area contributed by atoms with E-state index in [2.05, 4.69) is 17.0 Å². The van der Waals surface area contributed by atoms with Gasteiger partial charge < -0.3 is 5.32 Å². The molecule has 1 heterocycles. The van der Waals surface area contributed by atoms with Gasteiger partial charge in [-0.1, -0.05) is 29.8 Å². The number of nitrogens with one attached hydrogen (secondary N) is 2. The second kappa shape index (κ2) is 5.34. The highest BCUT2D eigenvalue weighted by molar-refractivity contribution is 6.42. The number of halogens is 2. The molecular weight excluding hydrogens is 289 g/mol. The van der Waals surface area contributed by atoms with Gasteiger partial charge in [-0.3, -0.25) is 14.7 Å². The van der Waals surface area contributed by atoms with Crippen LogP contribution in [0, 0.1) is 0 Å². The van der Waals surface area contributed by atoms with Crippen LogP contribution in [-0.2, 0) is 4.79 Å². The Hall–Kier alpha value is -1.98. The van der Waals surface area contributed by atoms with Crippen LogP contribution in [-0.4, -0.2) is 15.7 Å². The molecule has 0 aliphatic carbocycles. The van der Waals surface area contributed by atoms with E-state index in [4.69, 9.17) is 23.2 Å². The molecule has 1 aromatic carbocycles. The molecule has 0 aliphatic rings. The van der Waals surface area contributed by atoms with Gasteiger partial charge in [-0.2, -0.15) is 0 Å². The van der Waals surface area contributed by atoms with E-state index in [1.165, 1.54) is 10.7 Å². The Balaban J connectivity index is 2.40. The Morgan fingerprint density at radius 2 is 2.05 bits per heavy atom. The van der Waals surface area contributed by atoms with E-state index in [1.807, 2.05) is 0 Å². The molecule has 5 nitrogen and oxygen atoms in total. The van der Waals surface area contributed by atoms with Crippen molar-refractivity contribution in [3.63, 3.8) is 0 Å². The standard InChI is InChI=1S/C12H9Cl2N3O2/c1-2-11(18)15-10-6-12(19)17(16-10)7-3-4-8(13)9(14)5-7/h2-6,16H,1H2,(H,15,18). The number of H-pyrrole nitrogens is 1. The third-order valence-corrected chi connectivity index (χ3v) is 3.06. The lowest BCUT2D eigenvalue weighted by Crippen LogP contribution is -2.13. The zero-order valence-electron chi connectivity index (χ0n) is 9.61. The third kappa shape index (κ3) is 2.89. The predicted molar refractivity (Wildman–Crippen MR) is 75.2 cm³/mol. The van der Waals surface area contributed by atoms with Crippen molar-refractivity contribution < 1.29 is 4.79 Å². The van der Waals surface area contributed by atoms with Crippen molar-refractivity contribution in [3.8, 4) is 5.69 Å². The quantitative estimate of drug-likeness (QED) is 0.855. The molecule has 19 heavy (non-hydrogen) atoms. The summed E-state index contributed by atoms with van der Waals surface area (Å²) in [5.74, 6) is -0.150. The third-order valence-electron chi connectivity index (χ3n) is 2.33. The summed E-state index contributed by atoms with van der Waals surface area (Å²) in [6.07, 6.45) is 1.11. The smallest absolute Gasteiger partial charge is 0.273 e. The first kappa shape index (κ1) is 13.5. The Labute approximate surface area is 118 Å². The normalized spacial score (nSPS) is 10.2. The number of aromatic amines is 1. The highest BCUT2D eigenvalue weighted by Gasteiger charge is 2.08. The van der Waals surface area contributed by atoms with Gasteiger partial charge in [-0.05, 0) is 24.3 Å². The number of carbonyl (C=O) groups is 1. The Bertz CT molecular complexity index is 703. The minimum Gasteiger partial charge on any atom is -0.307 e. The van der Waals surface area contributed by atoms with Crippen molar-refractivity contribution in [2.75, 3.05) is 5.32 Å². The predicted octanol–water partition coefficient (Wildman–Crippen LogP) is 2.60. The molecule has 0 spiro atoms. The number of anilines is 1. The number of rotatable bonds is 3. The maximum atomic E-state index is 11.8. The molecule has 0 radical (unpaired) electrons. The van der Waals surface area contributed by atoms with Crippen molar-refractivity contribution in [2.24, 2.45) is 0 Å². The summed E-state index contributed by atoms with van der Waals surface area (Å²) in [6, 6.07) is 6.00. The first-order valence-electron chi connectivity index (χ1n) is 5.22. The average Bonchev–Trinajstić information content (AvgIpc) is 2.73. The van der Waals surface area contributed by atoms with Crippen LogP contribution in [0.1, 0.15) is 0 Å². The van der Waals surface area contributed by atoms with Crippen molar-refractivity contribution in [1.29, 1.82) is 0 Å². The molecule has 0 aliphatic heterocycles. The van der Waals surface area contributed by atoms with Crippen LogP contribution in [0.4, 0.5) is 5.82 Å². The molecule has 0 unspecified atom stereocenters. The summed E-state index contributed by atoms with van der Waals surface area (Å²) < 4.78 is 1.24. The lowest BCUT2D eigenvalue weighted by atomic mass is 10.3. The van der Waals surface area contributed by atoms with E-state index in [0.29, 0.717) is 15.7 Å². The fraction of sp³-hybridized carbons (Fsp3) is 0. The minimum absolute atomic E-state index is 0.265. The largest absolute Gasteiger partial charge is 0.307 e. The van der Waals surface area contributed by atoms with Gasteiger partial charge in [-0.15, -0.1) is 0 Å². The van der Waals surface area contributed by atoms with Crippen LogP contribution in [0.5, 0.6) is 0 Å². The molecular formula is C12H9Cl2N3O2. The number of hydrogen-bond acceptors (Lipinski definition) is 2. The van der Waals surface area contributed by atoms with Crippen LogP contribution in [0.2, 0.25) is 10.0 Å². The molecule has 1 aromatic heterocycles. The van der Waals surface area contributed by atoms with E-state index in [0.717, 1.165) is 6.08 Å². The van der Waals surface area contributed by atoms with Crippen LogP contribution in [0.25, 0.3) is 5.69 Å². The molecule has 2 rings (SSSR count). The second-order valence-corrected chi connectivity index (χ2v) is 4.45. The topological polar surface area (TPSA) is 66.9 Å². The van der Waals surface area contributed by atoms with Gasteiger partial charge >= 0.3 is 0 Å². The lowest BCUT2D eigenvalue weighted by molar-refractivity contribution is -0.111. The second-order valence-electron chi connectivity index (χ2n) is 3.64. The molecule has 98 valence electrons. The van der Waals surface area contributed by atoms with Crippen LogP contribution in [0.15, 0.2) is 41.7 Å². The first-order chi connectivity index (χ1) is 9.01. The lowest BCUT2D eigenvalue weighted by Gasteiger charge is -2.04. The van der Waals surface area contributed by atoms with Gasteiger partial charge in [0.2, 0.25) is 5.91 Å². The first-order valence-corrected chi connectivity index (χ1v) is 5.98. The van der Waals surface area contributed by atoms with E-state index < -0.39 is 5.91 Å². The SMILES string of the molecule is C=CC(=O)Nc1cc(=O)n(-c2ccc(Cl)c(Cl)c2)[nH]1. The molecule has 7 heteroatoms. The zero-order valence-corrected chi connectivity index (χ0v) is 11.1. The van der Waals surface area contributed by atoms with E-state index in [1.54, 1.807) is 18.2 Å². The van der Waals surface area contributed by atoms with Gasteiger partial charge in [-0.25, -0.2) is 4.68 Å². The van der Waals surface area contributed by atoms with Crippen molar-refractivity contribution >= 4 is 34.9 Å². The Morgan fingerprint density at radius 1 is 1.32 bits per heavy atom. The average molecular weight is 298 g/mol. The number of carbonyl (C=O) groups excluding carboxylic acids is 1. The summed E-state index contributed by atoms with van der Waals surface area (Å²) in [7, 11) is 0. The molecule has 0 fully saturated rings. The number of hydrogen-bond donors (Lipinski definition) is 2. The number of aromatic nitrogens is 2. The summed E-state index contributed by atoms with van der Waals surface area (Å²) in [4.78, 5) is 22.9. The van der Waals surface area contributed by atoms with Gasteiger partial charge in [0.15, 0.2) is 0 Å². The highest BCUT2D eigenvalue weighted by atomic mass is 35.5. The maximum absolute atomic E-state index is 11.8. The molecule has 0 saturated heterocycles. The molecule has 1 amide bonds. The van der Waals surface area contributed by atoms with E-state index in [9.17, 15) is 9.59 Å². The number of benzene rings is 1. The zero-order chi connectivity index (χ0) is 14.0. The van der Waals surface area contributed by atoms with Crippen LogP contribution >= 0.6 is 23.2 Å². The van der Waals surface area contributed by atoms with Gasteiger partial charge in [0.1, 0.15) is 5.82 Å². The Morgan fingerprint density at radius 3 is 2.68 bits per heavy atom. The molecule has 0 bridgehead atoms. The molecule has 2 aromatic rings. The van der Waals surface area contributed by atoms with Crippen LogP contribution in [0.3, 0.4) is 0 Å². The number of nitrogens with zero attached hydrogens (tertiary/aromatic N) is 1. The van der Waals surface area contributed by atoms with E-state index in [-0.39, 0.29) is 11.4 Å². The fourth-order valence-corrected chi connectivity index (χ4v) is 1.75. The molecule has 0 atom stereocenters. The number of amides is 1. The maximum Gasteiger partial charge on any atom is 0.273 e. The highest BCUT2D eigenvalue weighted by Crippen LogP contribution is 2.23. The van der Waals surface area contributed by atoms with Crippen molar-refractivity contribution in [1.82, 2.24) is 9.78 Å². The van der Waals surface area contributed by atoms with Crippen LogP contribution < -0.4 is 10.9 Å². The summed E-state index contributed by atoms with van der Waals surface area (Å²) in [5.41, 5.74) is 0.177. The van der Waals surface area contributed by atoms with Gasteiger partial charge in [0.05, 0.1) is 15.7 Å². The molecule has 0 saturated carbocycles. The fourth-order valence-electron chi connectivity index (χ4n) is 1.46. The molecule has 2 N–H and O–H groups in total. The Kier molecular flexibility index (Phi) is 3.78. The van der Waals surface area contributed by atoms with Crippen molar-refractivity contribution in [2.45, 2.75) is 0 Å². The monoisotopic (exact) mass is 297 g/mol. The van der Waals surface area contributed by atoms with E-state index >= 15 is 0 Å². The summed E-state index contributed by atoms with van der Waals surface area (Å²) in [5, 5.41) is 5.91. The van der Waals surface area contributed by atoms with Gasteiger partial charge in [0.25, 0.3) is 5.56 Å². The van der Waals surface area contributed by atoms with Crippen molar-refractivity contribution in [3.05, 3.63) is 57.3 Å². The minimum atomic E-state index is -0.414. The summed E-state index contributed by atoms with van der Waals surface area (Å²) in [6.45, 7) is 3.32. The van der Waals surface area contributed by atoms with Gasteiger partial charge in [0, 0.05) is 6.07 Å².